The van der Waals surface area contributed by atoms with Crippen LogP contribution in [0.5, 0.6) is 0 Å². The number of nitrogens with zero attached hydrogens (tertiary/aromatic N) is 2. The van der Waals surface area contributed by atoms with Gasteiger partial charge in [0.2, 0.25) is 5.91 Å². The Morgan fingerprint density at radius 1 is 0.833 bits per heavy atom. The quantitative estimate of drug-likeness (QED) is 0.504. The zero-order chi connectivity index (χ0) is 25.3. The van der Waals surface area contributed by atoms with E-state index in [2.05, 4.69) is 10.6 Å². The standard InChI is InChI=1S/C28H30N4O4/c1-2-32(25-6-4-3-5-7-25)28(35)22-10-14-24(15-11-22)30-26(33)20-29-23-12-8-21(9-13-23)27(34)31-16-18-36-19-17-31/h3-15,29H,2,16-20H2,1H3,(H,30,33). The van der Waals surface area contributed by atoms with Crippen molar-refractivity contribution in [3.63, 3.8) is 0 Å². The number of para-hydroxylation sites is 1. The largest absolute Gasteiger partial charge is 0.378 e. The minimum absolute atomic E-state index is 0.0182. The number of morpholine rings is 1. The molecule has 0 radical (unpaired) electrons. The van der Waals surface area contributed by atoms with Gasteiger partial charge in [-0.3, -0.25) is 14.4 Å². The molecule has 0 aromatic heterocycles. The molecule has 1 aliphatic heterocycles. The van der Waals surface area contributed by atoms with E-state index in [0.717, 1.165) is 11.4 Å². The van der Waals surface area contributed by atoms with Gasteiger partial charge < -0.3 is 25.2 Å². The summed E-state index contributed by atoms with van der Waals surface area (Å²) in [5, 5.41) is 5.89. The van der Waals surface area contributed by atoms with Crippen LogP contribution in [0, 0.1) is 0 Å². The van der Waals surface area contributed by atoms with E-state index in [1.807, 2.05) is 37.3 Å². The van der Waals surface area contributed by atoms with Crippen molar-refractivity contribution in [1.29, 1.82) is 0 Å². The average molecular weight is 487 g/mol. The summed E-state index contributed by atoms with van der Waals surface area (Å²) in [6, 6.07) is 23.4. The van der Waals surface area contributed by atoms with Gasteiger partial charge in [-0.05, 0) is 67.6 Å². The van der Waals surface area contributed by atoms with Crippen molar-refractivity contribution in [3.8, 4) is 0 Å². The third-order valence-corrected chi connectivity index (χ3v) is 5.93. The highest BCUT2D eigenvalue weighted by molar-refractivity contribution is 6.06. The minimum Gasteiger partial charge on any atom is -0.378 e. The van der Waals surface area contributed by atoms with Crippen molar-refractivity contribution >= 4 is 34.8 Å². The monoisotopic (exact) mass is 486 g/mol. The lowest BCUT2D eigenvalue weighted by Gasteiger charge is -2.26. The van der Waals surface area contributed by atoms with Gasteiger partial charge in [-0.25, -0.2) is 0 Å². The number of benzene rings is 3. The Balaban J connectivity index is 1.28. The van der Waals surface area contributed by atoms with Crippen LogP contribution in [-0.2, 0) is 9.53 Å². The molecule has 3 aromatic rings. The van der Waals surface area contributed by atoms with Crippen LogP contribution in [0.1, 0.15) is 27.6 Å². The molecule has 186 valence electrons. The maximum atomic E-state index is 12.9. The lowest BCUT2D eigenvalue weighted by Crippen LogP contribution is -2.40. The molecule has 0 unspecified atom stereocenters. The number of ether oxygens (including phenoxy) is 1. The molecule has 3 aromatic carbocycles. The summed E-state index contributed by atoms with van der Waals surface area (Å²) < 4.78 is 5.29. The number of rotatable bonds is 8. The highest BCUT2D eigenvalue weighted by Crippen LogP contribution is 2.18. The van der Waals surface area contributed by atoms with Crippen LogP contribution in [0.3, 0.4) is 0 Å². The fourth-order valence-corrected chi connectivity index (χ4v) is 3.97. The molecule has 36 heavy (non-hydrogen) atoms. The fraction of sp³-hybridized carbons (Fsp3) is 0.250. The van der Waals surface area contributed by atoms with E-state index in [1.54, 1.807) is 58.3 Å². The molecule has 0 atom stereocenters. The number of hydrogen-bond acceptors (Lipinski definition) is 5. The number of anilines is 3. The van der Waals surface area contributed by atoms with E-state index in [1.165, 1.54) is 0 Å². The summed E-state index contributed by atoms with van der Waals surface area (Å²) in [6.45, 7) is 4.86. The molecule has 2 N–H and O–H groups in total. The highest BCUT2D eigenvalue weighted by Gasteiger charge is 2.18. The van der Waals surface area contributed by atoms with Crippen LogP contribution in [0.25, 0.3) is 0 Å². The SMILES string of the molecule is CCN(C(=O)c1ccc(NC(=O)CNc2ccc(C(=O)N3CCOCC3)cc2)cc1)c1ccccc1. The number of nitrogens with one attached hydrogen (secondary N) is 2. The summed E-state index contributed by atoms with van der Waals surface area (Å²) in [5.74, 6) is -0.337. The zero-order valence-corrected chi connectivity index (χ0v) is 20.3. The molecule has 0 spiro atoms. The van der Waals surface area contributed by atoms with E-state index >= 15 is 0 Å². The molecular formula is C28H30N4O4. The van der Waals surface area contributed by atoms with Crippen LogP contribution >= 0.6 is 0 Å². The lowest BCUT2D eigenvalue weighted by molar-refractivity contribution is -0.114. The van der Waals surface area contributed by atoms with Crippen LogP contribution < -0.4 is 15.5 Å². The van der Waals surface area contributed by atoms with Crippen molar-refractivity contribution in [1.82, 2.24) is 4.90 Å². The van der Waals surface area contributed by atoms with Crippen LogP contribution in [0.4, 0.5) is 17.1 Å². The Morgan fingerprint density at radius 3 is 2.08 bits per heavy atom. The average Bonchev–Trinajstić information content (AvgIpc) is 2.93. The minimum atomic E-state index is -0.220. The molecule has 1 aliphatic rings. The van der Waals surface area contributed by atoms with Gasteiger partial charge in [-0.15, -0.1) is 0 Å². The zero-order valence-electron chi connectivity index (χ0n) is 20.3. The first-order valence-corrected chi connectivity index (χ1v) is 12.0. The Labute approximate surface area is 210 Å². The molecule has 8 heteroatoms. The van der Waals surface area contributed by atoms with E-state index in [-0.39, 0.29) is 24.3 Å². The van der Waals surface area contributed by atoms with E-state index in [9.17, 15) is 14.4 Å². The third kappa shape index (κ3) is 6.28. The van der Waals surface area contributed by atoms with E-state index in [4.69, 9.17) is 4.74 Å². The normalized spacial score (nSPS) is 13.1. The van der Waals surface area contributed by atoms with Crippen molar-refractivity contribution in [2.24, 2.45) is 0 Å². The molecule has 4 rings (SSSR count). The maximum absolute atomic E-state index is 12.9. The molecule has 8 nitrogen and oxygen atoms in total. The molecule has 1 saturated heterocycles. The Bertz CT molecular complexity index is 1170. The fourth-order valence-electron chi connectivity index (χ4n) is 3.97. The number of hydrogen-bond donors (Lipinski definition) is 2. The van der Waals surface area contributed by atoms with Gasteiger partial charge in [0.15, 0.2) is 0 Å². The molecule has 0 aliphatic carbocycles. The van der Waals surface area contributed by atoms with Crippen LogP contribution in [0.2, 0.25) is 0 Å². The second kappa shape index (κ2) is 12.0. The first-order chi connectivity index (χ1) is 17.5. The predicted octanol–water partition coefficient (Wildman–Crippen LogP) is 3.88. The molecule has 0 bridgehead atoms. The number of amides is 3. The number of carbonyl (C=O) groups excluding carboxylic acids is 3. The van der Waals surface area contributed by atoms with Gasteiger partial charge in [0.05, 0.1) is 19.8 Å². The molecule has 0 saturated carbocycles. The first kappa shape index (κ1) is 24.9. The van der Waals surface area contributed by atoms with Crippen LogP contribution in [0.15, 0.2) is 78.9 Å². The predicted molar refractivity (Wildman–Crippen MR) is 141 cm³/mol. The first-order valence-electron chi connectivity index (χ1n) is 12.0. The topological polar surface area (TPSA) is 91.0 Å². The van der Waals surface area contributed by atoms with Crippen LogP contribution in [-0.4, -0.2) is 62.0 Å². The summed E-state index contributed by atoms with van der Waals surface area (Å²) in [6.07, 6.45) is 0. The third-order valence-electron chi connectivity index (χ3n) is 5.93. The second-order valence-corrected chi connectivity index (χ2v) is 8.35. The summed E-state index contributed by atoms with van der Waals surface area (Å²) >= 11 is 0. The lowest BCUT2D eigenvalue weighted by atomic mass is 10.1. The van der Waals surface area contributed by atoms with Gasteiger partial charge in [-0.1, -0.05) is 18.2 Å². The Kier molecular flexibility index (Phi) is 8.31. The van der Waals surface area contributed by atoms with Crippen molar-refractivity contribution in [3.05, 3.63) is 90.0 Å². The van der Waals surface area contributed by atoms with Gasteiger partial charge in [-0.2, -0.15) is 0 Å². The van der Waals surface area contributed by atoms with E-state index < -0.39 is 0 Å². The highest BCUT2D eigenvalue weighted by atomic mass is 16.5. The van der Waals surface area contributed by atoms with E-state index in [0.29, 0.717) is 49.7 Å². The molecule has 3 amide bonds. The summed E-state index contributed by atoms with van der Waals surface area (Å²) in [7, 11) is 0. The summed E-state index contributed by atoms with van der Waals surface area (Å²) in [4.78, 5) is 41.3. The van der Waals surface area contributed by atoms with Crippen molar-refractivity contribution in [2.45, 2.75) is 6.92 Å². The Hall–Kier alpha value is -4.17. The maximum Gasteiger partial charge on any atom is 0.258 e. The molecule has 1 heterocycles. The second-order valence-electron chi connectivity index (χ2n) is 8.35. The summed E-state index contributed by atoms with van der Waals surface area (Å²) in [5.41, 5.74) is 3.34. The molecular weight excluding hydrogens is 456 g/mol. The van der Waals surface area contributed by atoms with Gasteiger partial charge in [0, 0.05) is 47.8 Å². The van der Waals surface area contributed by atoms with Crippen molar-refractivity contribution < 1.29 is 19.1 Å². The number of carbonyl (C=O) groups is 3. The van der Waals surface area contributed by atoms with Crippen molar-refractivity contribution in [2.75, 3.05) is 54.9 Å². The van der Waals surface area contributed by atoms with Gasteiger partial charge >= 0.3 is 0 Å². The molecule has 1 fully saturated rings. The van der Waals surface area contributed by atoms with Gasteiger partial charge in [0.25, 0.3) is 11.8 Å². The van der Waals surface area contributed by atoms with Gasteiger partial charge in [0.1, 0.15) is 0 Å². The smallest absolute Gasteiger partial charge is 0.258 e. The Morgan fingerprint density at radius 2 is 1.44 bits per heavy atom.